The van der Waals surface area contributed by atoms with Crippen molar-refractivity contribution >= 4 is 9.84 Å². The van der Waals surface area contributed by atoms with Gasteiger partial charge in [0.25, 0.3) is 0 Å². The lowest BCUT2D eigenvalue weighted by Crippen LogP contribution is -2.61. The van der Waals surface area contributed by atoms with E-state index in [0.29, 0.717) is 13.0 Å². The third-order valence-electron chi connectivity index (χ3n) is 2.66. The summed E-state index contributed by atoms with van der Waals surface area (Å²) in [6.45, 7) is 4.07. The van der Waals surface area contributed by atoms with Gasteiger partial charge in [-0.3, -0.25) is 0 Å². The van der Waals surface area contributed by atoms with Crippen molar-refractivity contribution in [3.05, 3.63) is 0 Å². The third-order valence-corrected chi connectivity index (χ3v) is 4.87. The summed E-state index contributed by atoms with van der Waals surface area (Å²) in [6.07, 6.45) is 1.80. The number of rotatable bonds is 2. The van der Waals surface area contributed by atoms with Crippen molar-refractivity contribution in [2.45, 2.75) is 31.1 Å². The minimum atomic E-state index is -2.95. The van der Waals surface area contributed by atoms with Gasteiger partial charge in [0.1, 0.15) is 4.75 Å². The van der Waals surface area contributed by atoms with Gasteiger partial charge in [-0.15, -0.1) is 0 Å². The van der Waals surface area contributed by atoms with Crippen LogP contribution >= 0.6 is 0 Å². The molecule has 2 unspecified atom stereocenters. The number of hydrogen-bond donors (Lipinski definition) is 0. The predicted octanol–water partition coefficient (Wildman–Crippen LogP) is 0.599. The molecule has 0 aromatic carbocycles. The van der Waals surface area contributed by atoms with Crippen molar-refractivity contribution < 1.29 is 13.2 Å². The second-order valence-corrected chi connectivity index (χ2v) is 5.50. The van der Waals surface area contributed by atoms with Gasteiger partial charge in [-0.1, -0.05) is 6.92 Å². The zero-order valence-corrected chi connectivity index (χ0v) is 7.94. The van der Waals surface area contributed by atoms with Crippen LogP contribution in [0.1, 0.15) is 20.3 Å². The van der Waals surface area contributed by atoms with Crippen LogP contribution in [0.2, 0.25) is 0 Å². The van der Waals surface area contributed by atoms with E-state index < -0.39 is 14.6 Å². The van der Waals surface area contributed by atoms with Crippen LogP contribution in [0.15, 0.2) is 0 Å². The first kappa shape index (κ1) is 9.00. The Labute approximate surface area is 67.7 Å². The quantitative estimate of drug-likeness (QED) is 0.622. The molecule has 66 valence electrons. The predicted molar refractivity (Wildman–Crippen MR) is 43.3 cm³/mol. The molecular weight excluding hydrogens is 164 g/mol. The van der Waals surface area contributed by atoms with Crippen molar-refractivity contribution in [2.24, 2.45) is 0 Å². The Morgan fingerprint density at radius 3 is 2.18 bits per heavy atom. The fourth-order valence-corrected chi connectivity index (χ4v) is 2.97. The van der Waals surface area contributed by atoms with E-state index in [4.69, 9.17) is 4.74 Å². The average molecular weight is 178 g/mol. The first-order valence-electron chi connectivity index (χ1n) is 3.75. The van der Waals surface area contributed by atoms with Gasteiger partial charge in [0, 0.05) is 6.26 Å². The van der Waals surface area contributed by atoms with Gasteiger partial charge in [-0.05, 0) is 13.3 Å². The van der Waals surface area contributed by atoms with Crippen LogP contribution in [0.4, 0.5) is 0 Å². The average Bonchev–Trinajstić information content (AvgIpc) is 1.84. The highest BCUT2D eigenvalue weighted by Gasteiger charge is 2.52. The van der Waals surface area contributed by atoms with Gasteiger partial charge in [0.15, 0.2) is 9.84 Å². The van der Waals surface area contributed by atoms with Crippen molar-refractivity contribution in [1.82, 2.24) is 0 Å². The van der Waals surface area contributed by atoms with E-state index >= 15 is 0 Å². The molecule has 1 aliphatic heterocycles. The number of ether oxygens (including phenoxy) is 1. The summed E-state index contributed by atoms with van der Waals surface area (Å²) in [5.41, 5.74) is 0. The van der Waals surface area contributed by atoms with Crippen LogP contribution in [-0.2, 0) is 14.6 Å². The van der Waals surface area contributed by atoms with Crippen molar-refractivity contribution in [3.8, 4) is 0 Å². The molecule has 1 heterocycles. The highest BCUT2D eigenvalue weighted by Crippen LogP contribution is 2.35. The van der Waals surface area contributed by atoms with Gasteiger partial charge < -0.3 is 4.74 Å². The summed E-state index contributed by atoms with van der Waals surface area (Å²) in [4.78, 5) is 0. The lowest BCUT2D eigenvalue weighted by Gasteiger charge is -2.45. The maximum atomic E-state index is 11.3. The summed E-state index contributed by atoms with van der Waals surface area (Å²) in [6, 6.07) is 0. The molecule has 2 atom stereocenters. The number of hydrogen-bond acceptors (Lipinski definition) is 3. The standard InChI is InChI=1S/C7H14O3S/c1-4-7(11(3,8)9)5-10-6(7)2/h6H,4-5H2,1-3H3. The van der Waals surface area contributed by atoms with E-state index in [1.165, 1.54) is 6.26 Å². The largest absolute Gasteiger partial charge is 0.375 e. The minimum Gasteiger partial charge on any atom is -0.375 e. The van der Waals surface area contributed by atoms with Crippen molar-refractivity contribution in [3.63, 3.8) is 0 Å². The first-order chi connectivity index (χ1) is 4.94. The Hall–Kier alpha value is -0.0900. The molecule has 0 saturated carbocycles. The smallest absolute Gasteiger partial charge is 0.157 e. The van der Waals surface area contributed by atoms with E-state index in [9.17, 15) is 8.42 Å². The van der Waals surface area contributed by atoms with Crippen molar-refractivity contribution in [2.75, 3.05) is 12.9 Å². The molecule has 1 rings (SSSR count). The molecule has 0 aliphatic carbocycles. The molecule has 4 heteroatoms. The van der Waals surface area contributed by atoms with Gasteiger partial charge >= 0.3 is 0 Å². The Kier molecular flexibility index (Phi) is 2.01. The molecule has 0 radical (unpaired) electrons. The van der Waals surface area contributed by atoms with E-state index in [2.05, 4.69) is 0 Å². The molecule has 3 nitrogen and oxygen atoms in total. The van der Waals surface area contributed by atoms with Crippen LogP contribution < -0.4 is 0 Å². The van der Waals surface area contributed by atoms with Crippen LogP contribution in [-0.4, -0.2) is 32.1 Å². The first-order valence-corrected chi connectivity index (χ1v) is 5.64. The molecule has 0 N–H and O–H groups in total. The van der Waals surface area contributed by atoms with Crippen LogP contribution in [0.3, 0.4) is 0 Å². The lowest BCUT2D eigenvalue weighted by molar-refractivity contribution is -0.0849. The van der Waals surface area contributed by atoms with Gasteiger partial charge in [0.05, 0.1) is 12.7 Å². The fourth-order valence-electron chi connectivity index (χ4n) is 1.50. The second-order valence-electron chi connectivity index (χ2n) is 3.14. The minimum absolute atomic E-state index is 0.137. The molecule has 1 fully saturated rings. The molecule has 0 amide bonds. The van der Waals surface area contributed by atoms with Gasteiger partial charge in [-0.25, -0.2) is 8.42 Å². The molecule has 0 spiro atoms. The topological polar surface area (TPSA) is 43.4 Å². The zero-order valence-electron chi connectivity index (χ0n) is 7.12. The van der Waals surface area contributed by atoms with Crippen LogP contribution in [0.25, 0.3) is 0 Å². The number of sulfone groups is 1. The Morgan fingerprint density at radius 2 is 2.18 bits per heavy atom. The monoisotopic (exact) mass is 178 g/mol. The summed E-state index contributed by atoms with van der Waals surface area (Å²) < 4.78 is 27.1. The molecule has 0 aromatic rings. The summed E-state index contributed by atoms with van der Waals surface area (Å²) >= 11 is 0. The van der Waals surface area contributed by atoms with Crippen LogP contribution in [0, 0.1) is 0 Å². The van der Waals surface area contributed by atoms with E-state index in [-0.39, 0.29) is 6.10 Å². The SMILES string of the molecule is CCC1(S(C)(=O)=O)COC1C. The second kappa shape index (κ2) is 2.45. The Balaban J connectivity index is 2.96. The summed E-state index contributed by atoms with van der Waals surface area (Å²) in [7, 11) is -2.95. The normalized spacial score (nSPS) is 38.3. The maximum absolute atomic E-state index is 11.3. The van der Waals surface area contributed by atoms with E-state index in [0.717, 1.165) is 0 Å². The molecule has 1 aliphatic rings. The van der Waals surface area contributed by atoms with E-state index in [1.54, 1.807) is 0 Å². The Morgan fingerprint density at radius 1 is 1.64 bits per heavy atom. The summed E-state index contributed by atoms with van der Waals surface area (Å²) in [5, 5.41) is 0. The molecule has 11 heavy (non-hydrogen) atoms. The Bertz CT molecular complexity index is 240. The highest BCUT2D eigenvalue weighted by molar-refractivity contribution is 7.92. The molecular formula is C7H14O3S. The molecule has 1 saturated heterocycles. The fraction of sp³-hybridized carbons (Fsp3) is 1.00. The van der Waals surface area contributed by atoms with Gasteiger partial charge in [0.2, 0.25) is 0 Å². The zero-order chi connectivity index (χ0) is 8.70. The maximum Gasteiger partial charge on any atom is 0.157 e. The molecule has 0 aromatic heterocycles. The van der Waals surface area contributed by atoms with E-state index in [1.807, 2.05) is 13.8 Å². The van der Waals surface area contributed by atoms with Crippen LogP contribution in [0.5, 0.6) is 0 Å². The summed E-state index contributed by atoms with van der Waals surface area (Å²) in [5.74, 6) is 0. The highest BCUT2D eigenvalue weighted by atomic mass is 32.2. The van der Waals surface area contributed by atoms with Crippen molar-refractivity contribution in [1.29, 1.82) is 0 Å². The van der Waals surface area contributed by atoms with Gasteiger partial charge in [-0.2, -0.15) is 0 Å². The molecule has 0 bridgehead atoms. The lowest BCUT2D eigenvalue weighted by atomic mass is 9.95. The third kappa shape index (κ3) is 1.08.